The molecule has 0 bridgehead atoms. The normalized spacial score (nSPS) is 10.7. The molecular formula is C26H19N3O5. The molecule has 3 aromatic carbocycles. The molecule has 2 N–H and O–H groups in total. The number of hydrogen-bond donors (Lipinski definition) is 2. The van der Waals surface area contributed by atoms with Crippen molar-refractivity contribution in [3.63, 3.8) is 0 Å². The van der Waals surface area contributed by atoms with Gasteiger partial charge >= 0.3 is 6.16 Å². The summed E-state index contributed by atoms with van der Waals surface area (Å²) in [7, 11) is 0. The number of carbonyl (C=O) groups is 1. The Bertz CT molecular complexity index is 1430. The maximum Gasteiger partial charge on any atom is 0.513 e. The van der Waals surface area contributed by atoms with Crippen LogP contribution >= 0.6 is 0 Å². The third-order valence-electron chi connectivity index (χ3n) is 5.05. The second-order valence-corrected chi connectivity index (χ2v) is 7.36. The van der Waals surface area contributed by atoms with Crippen LogP contribution in [0.3, 0.4) is 0 Å². The lowest BCUT2D eigenvalue weighted by Crippen LogP contribution is -2.01. The number of benzene rings is 3. The highest BCUT2D eigenvalue weighted by Crippen LogP contribution is 2.31. The van der Waals surface area contributed by atoms with Crippen molar-refractivity contribution in [3.05, 3.63) is 96.8 Å². The summed E-state index contributed by atoms with van der Waals surface area (Å²) in [6.07, 6.45) is 0.0590. The first kappa shape index (κ1) is 21.0. The van der Waals surface area contributed by atoms with Crippen LogP contribution in [-0.2, 0) is 6.61 Å². The summed E-state index contributed by atoms with van der Waals surface area (Å²) < 4.78 is 15.9. The number of aromatic nitrogens is 2. The quantitative estimate of drug-likeness (QED) is 0.278. The first-order chi connectivity index (χ1) is 16.6. The molecule has 0 amide bonds. The van der Waals surface area contributed by atoms with E-state index in [1.807, 2.05) is 72.8 Å². The zero-order valence-corrected chi connectivity index (χ0v) is 17.8. The van der Waals surface area contributed by atoms with Crippen molar-refractivity contribution in [2.45, 2.75) is 6.61 Å². The van der Waals surface area contributed by atoms with Gasteiger partial charge < -0.3 is 24.3 Å². The van der Waals surface area contributed by atoms with E-state index in [1.54, 1.807) is 6.07 Å². The van der Waals surface area contributed by atoms with Gasteiger partial charge in [-0.05, 0) is 54.1 Å². The number of carboxylic acid groups (broad SMARTS) is 1. The van der Waals surface area contributed by atoms with Crippen molar-refractivity contribution in [2.75, 3.05) is 5.32 Å². The Morgan fingerprint density at radius 1 is 0.941 bits per heavy atom. The summed E-state index contributed by atoms with van der Waals surface area (Å²) in [5.41, 5.74) is 3.42. The second kappa shape index (κ2) is 9.33. The van der Waals surface area contributed by atoms with Gasteiger partial charge in [-0.1, -0.05) is 30.3 Å². The summed E-state index contributed by atoms with van der Waals surface area (Å²) in [6, 6.07) is 26.3. The Morgan fingerprint density at radius 3 is 2.56 bits per heavy atom. The van der Waals surface area contributed by atoms with Gasteiger partial charge in [-0.15, -0.1) is 0 Å². The van der Waals surface area contributed by atoms with E-state index in [9.17, 15) is 4.79 Å². The number of anilines is 2. The highest BCUT2D eigenvalue weighted by molar-refractivity contribution is 5.93. The van der Waals surface area contributed by atoms with Crippen LogP contribution in [0.15, 0.2) is 95.7 Å². The molecule has 2 aromatic heterocycles. The number of hydrogen-bond acceptors (Lipinski definition) is 7. The van der Waals surface area contributed by atoms with E-state index >= 15 is 0 Å². The summed E-state index contributed by atoms with van der Waals surface area (Å²) in [4.78, 5) is 19.4. The van der Waals surface area contributed by atoms with E-state index in [-0.39, 0.29) is 5.95 Å². The molecule has 0 unspecified atom stereocenters. The molecule has 0 aliphatic carbocycles. The van der Waals surface area contributed by atoms with Crippen LogP contribution in [0.2, 0.25) is 0 Å². The molecule has 0 fully saturated rings. The largest absolute Gasteiger partial charge is 0.513 e. The Morgan fingerprint density at radius 2 is 1.76 bits per heavy atom. The molecule has 0 aliphatic rings. The lowest BCUT2D eigenvalue weighted by atomic mass is 10.1. The molecule has 0 atom stereocenters. The molecule has 0 aliphatic heterocycles. The van der Waals surface area contributed by atoms with Crippen molar-refractivity contribution in [1.29, 1.82) is 0 Å². The fourth-order valence-electron chi connectivity index (χ4n) is 3.44. The maximum atomic E-state index is 10.7. The molecule has 2 heterocycles. The van der Waals surface area contributed by atoms with Gasteiger partial charge in [-0.25, -0.2) is 14.8 Å². The van der Waals surface area contributed by atoms with Gasteiger partial charge in [0.25, 0.3) is 5.95 Å². The minimum atomic E-state index is -1.43. The zero-order chi connectivity index (χ0) is 23.3. The topological polar surface area (TPSA) is 107 Å². The van der Waals surface area contributed by atoms with Gasteiger partial charge in [0, 0.05) is 22.7 Å². The van der Waals surface area contributed by atoms with Crippen LogP contribution in [0.4, 0.5) is 16.3 Å². The van der Waals surface area contributed by atoms with Gasteiger partial charge in [-0.2, -0.15) is 0 Å². The maximum absolute atomic E-state index is 10.7. The highest BCUT2D eigenvalue weighted by atomic mass is 16.7. The molecule has 34 heavy (non-hydrogen) atoms. The lowest BCUT2D eigenvalue weighted by molar-refractivity contribution is 0.133. The zero-order valence-electron chi connectivity index (χ0n) is 17.8. The SMILES string of the molecule is O=C(O)Oc1ccc(-c2ccc3ncnc(Nc4ccc(OCc5ccccc5)cc4)c3c2)o1. The Labute approximate surface area is 194 Å². The first-order valence-corrected chi connectivity index (χ1v) is 10.4. The average molecular weight is 453 g/mol. The summed E-state index contributed by atoms with van der Waals surface area (Å²) >= 11 is 0. The van der Waals surface area contributed by atoms with Crippen LogP contribution in [0.25, 0.3) is 22.2 Å². The summed E-state index contributed by atoms with van der Waals surface area (Å²) in [5.74, 6) is 1.76. The third-order valence-corrected chi connectivity index (χ3v) is 5.05. The van der Waals surface area contributed by atoms with Crippen molar-refractivity contribution < 1.29 is 23.8 Å². The average Bonchev–Trinajstić information content (AvgIpc) is 3.32. The lowest BCUT2D eigenvalue weighted by Gasteiger charge is -2.11. The Kier molecular flexibility index (Phi) is 5.77. The molecular weight excluding hydrogens is 434 g/mol. The van der Waals surface area contributed by atoms with Crippen LogP contribution < -0.4 is 14.8 Å². The molecule has 8 nitrogen and oxygen atoms in total. The molecule has 0 radical (unpaired) electrons. The van der Waals surface area contributed by atoms with Crippen molar-refractivity contribution in [3.8, 4) is 23.0 Å². The number of furan rings is 1. The third kappa shape index (κ3) is 4.81. The van der Waals surface area contributed by atoms with Gasteiger partial charge in [-0.3, -0.25) is 0 Å². The molecule has 168 valence electrons. The second-order valence-electron chi connectivity index (χ2n) is 7.36. The molecule has 8 heteroatoms. The number of nitrogens with zero attached hydrogens (tertiary/aromatic N) is 2. The van der Waals surface area contributed by atoms with Crippen LogP contribution in [0.1, 0.15) is 5.56 Å². The predicted octanol–water partition coefficient (Wildman–Crippen LogP) is 6.27. The predicted molar refractivity (Wildman–Crippen MR) is 126 cm³/mol. The van der Waals surface area contributed by atoms with E-state index < -0.39 is 6.16 Å². The van der Waals surface area contributed by atoms with E-state index in [4.69, 9.17) is 14.3 Å². The minimum Gasteiger partial charge on any atom is -0.489 e. The van der Waals surface area contributed by atoms with Crippen molar-refractivity contribution in [1.82, 2.24) is 9.97 Å². The fraction of sp³-hybridized carbons (Fsp3) is 0.0385. The molecule has 0 saturated heterocycles. The number of fused-ring (bicyclic) bond motifs is 1. The van der Waals surface area contributed by atoms with Gasteiger partial charge in [0.2, 0.25) is 0 Å². The standard InChI is InChI=1S/C26H19N3O5/c30-26(31)34-24-13-12-23(33-24)18-6-11-22-21(14-18)25(28-16-27-22)29-19-7-9-20(10-8-19)32-15-17-4-2-1-3-5-17/h1-14,16H,15H2,(H,30,31)(H,27,28,29). The van der Waals surface area contributed by atoms with E-state index in [0.717, 1.165) is 33.5 Å². The van der Waals surface area contributed by atoms with Gasteiger partial charge in [0.1, 0.15) is 30.3 Å². The summed E-state index contributed by atoms with van der Waals surface area (Å²) in [5, 5.41) is 12.8. The fourth-order valence-corrected chi connectivity index (χ4v) is 3.44. The van der Waals surface area contributed by atoms with E-state index in [1.165, 1.54) is 12.4 Å². The molecule has 0 saturated carbocycles. The van der Waals surface area contributed by atoms with Gasteiger partial charge in [0.05, 0.1) is 5.52 Å². The van der Waals surface area contributed by atoms with Crippen molar-refractivity contribution >= 4 is 28.6 Å². The first-order valence-electron chi connectivity index (χ1n) is 10.4. The van der Waals surface area contributed by atoms with Crippen molar-refractivity contribution in [2.24, 2.45) is 0 Å². The van der Waals surface area contributed by atoms with Crippen LogP contribution in [0.5, 0.6) is 11.7 Å². The highest BCUT2D eigenvalue weighted by Gasteiger charge is 2.12. The number of ether oxygens (including phenoxy) is 2. The van der Waals surface area contributed by atoms with Gasteiger partial charge in [0.15, 0.2) is 0 Å². The minimum absolute atomic E-state index is 0.0974. The summed E-state index contributed by atoms with van der Waals surface area (Å²) in [6.45, 7) is 0.499. The van der Waals surface area contributed by atoms with E-state index in [2.05, 4.69) is 20.0 Å². The molecule has 5 aromatic rings. The van der Waals surface area contributed by atoms with Crippen LogP contribution in [0, 0.1) is 0 Å². The smallest absolute Gasteiger partial charge is 0.489 e. The Balaban J connectivity index is 1.34. The Hall–Kier alpha value is -4.85. The molecule has 0 spiro atoms. The molecule has 5 rings (SSSR count). The van der Waals surface area contributed by atoms with Crippen LogP contribution in [-0.4, -0.2) is 21.2 Å². The number of nitrogens with one attached hydrogen (secondary N) is 1. The van der Waals surface area contributed by atoms with E-state index in [0.29, 0.717) is 18.2 Å². The monoisotopic (exact) mass is 453 g/mol. The number of rotatable bonds is 7.